The molecule has 0 amide bonds. The molecule has 0 aromatic carbocycles. The molecule has 4 nitrogen and oxygen atoms in total. The second kappa shape index (κ2) is 4.65. The quantitative estimate of drug-likeness (QED) is 0.874. The first kappa shape index (κ1) is 12.2. The van der Waals surface area contributed by atoms with Crippen molar-refractivity contribution in [3.63, 3.8) is 0 Å². The summed E-state index contributed by atoms with van der Waals surface area (Å²) in [5, 5.41) is 8.78. The molecular formula is C14H24N4. The normalized spacial score (nSPS) is 32.2. The first-order chi connectivity index (χ1) is 8.73. The lowest BCUT2D eigenvalue weighted by atomic mass is 9.75. The van der Waals surface area contributed by atoms with Crippen molar-refractivity contribution >= 4 is 0 Å². The second-order valence-corrected chi connectivity index (χ2v) is 6.06. The maximum atomic E-state index is 6.64. The van der Waals surface area contributed by atoms with E-state index in [9.17, 15) is 0 Å². The Bertz CT molecular complexity index is 415. The number of aromatic nitrogens is 3. The molecule has 1 aliphatic heterocycles. The van der Waals surface area contributed by atoms with Crippen molar-refractivity contribution in [1.82, 2.24) is 14.8 Å². The van der Waals surface area contributed by atoms with Gasteiger partial charge in [0.2, 0.25) is 0 Å². The molecule has 3 rings (SSSR count). The molecular weight excluding hydrogens is 224 g/mol. The maximum absolute atomic E-state index is 6.64. The minimum Gasteiger partial charge on any atom is -0.319 e. The molecule has 0 saturated heterocycles. The average molecular weight is 248 g/mol. The number of hydrogen-bond acceptors (Lipinski definition) is 3. The zero-order valence-corrected chi connectivity index (χ0v) is 11.4. The van der Waals surface area contributed by atoms with Gasteiger partial charge in [0.05, 0.1) is 5.54 Å². The Morgan fingerprint density at radius 2 is 2.06 bits per heavy atom. The van der Waals surface area contributed by atoms with Crippen LogP contribution in [0.4, 0.5) is 0 Å². The Kier molecular flexibility index (Phi) is 3.14. The lowest BCUT2D eigenvalue weighted by Gasteiger charge is -2.36. The number of aryl methyl sites for hydroxylation is 1. The van der Waals surface area contributed by atoms with E-state index in [1.54, 1.807) is 0 Å². The number of fused-ring (bicyclic) bond motifs is 1. The van der Waals surface area contributed by atoms with Crippen LogP contribution in [-0.4, -0.2) is 14.8 Å². The van der Waals surface area contributed by atoms with Crippen LogP contribution in [0.3, 0.4) is 0 Å². The molecule has 1 saturated carbocycles. The molecule has 0 radical (unpaired) electrons. The largest absolute Gasteiger partial charge is 0.319 e. The van der Waals surface area contributed by atoms with Crippen molar-refractivity contribution in [2.75, 3.05) is 0 Å². The number of rotatable bonds is 2. The molecule has 0 bridgehead atoms. The number of nitrogens with two attached hydrogens (primary N) is 1. The molecule has 2 aliphatic rings. The van der Waals surface area contributed by atoms with Crippen LogP contribution in [0.2, 0.25) is 0 Å². The summed E-state index contributed by atoms with van der Waals surface area (Å²) < 4.78 is 2.30. The molecule has 1 aromatic rings. The molecule has 0 atom stereocenters. The summed E-state index contributed by atoms with van der Waals surface area (Å²) in [5.41, 5.74) is 6.43. The first-order valence-corrected chi connectivity index (χ1v) is 7.44. The van der Waals surface area contributed by atoms with Gasteiger partial charge < -0.3 is 10.3 Å². The van der Waals surface area contributed by atoms with E-state index < -0.39 is 0 Å². The summed E-state index contributed by atoms with van der Waals surface area (Å²) in [7, 11) is 0. The summed E-state index contributed by atoms with van der Waals surface area (Å²) >= 11 is 0. The molecule has 1 aromatic heterocycles. The standard InChI is InChI=1S/C14H24N4/c1-2-11-6-8-14(15,9-7-11)13-17-16-12-5-3-4-10-18(12)13/h11H,2-10,15H2,1H3. The van der Waals surface area contributed by atoms with E-state index in [-0.39, 0.29) is 5.54 Å². The highest BCUT2D eigenvalue weighted by Gasteiger charge is 2.37. The lowest BCUT2D eigenvalue weighted by molar-refractivity contribution is 0.214. The van der Waals surface area contributed by atoms with Gasteiger partial charge in [0.25, 0.3) is 0 Å². The second-order valence-electron chi connectivity index (χ2n) is 6.06. The number of hydrogen-bond donors (Lipinski definition) is 1. The van der Waals surface area contributed by atoms with Crippen molar-refractivity contribution < 1.29 is 0 Å². The fourth-order valence-electron chi connectivity index (χ4n) is 3.50. The third-order valence-electron chi connectivity index (χ3n) is 4.88. The van der Waals surface area contributed by atoms with Gasteiger partial charge in [0.1, 0.15) is 5.82 Å². The van der Waals surface area contributed by atoms with E-state index in [1.807, 2.05) is 0 Å². The van der Waals surface area contributed by atoms with E-state index in [4.69, 9.17) is 5.73 Å². The van der Waals surface area contributed by atoms with Gasteiger partial charge in [-0.25, -0.2) is 0 Å². The predicted octanol–water partition coefficient (Wildman–Crippen LogP) is 2.37. The van der Waals surface area contributed by atoms with Crippen LogP contribution in [-0.2, 0) is 18.5 Å². The maximum Gasteiger partial charge on any atom is 0.153 e. The highest BCUT2D eigenvalue weighted by Crippen LogP contribution is 2.38. The van der Waals surface area contributed by atoms with Gasteiger partial charge in [-0.2, -0.15) is 0 Å². The minimum absolute atomic E-state index is 0.214. The molecule has 4 heteroatoms. The molecule has 18 heavy (non-hydrogen) atoms. The highest BCUT2D eigenvalue weighted by molar-refractivity contribution is 5.11. The fourth-order valence-corrected chi connectivity index (χ4v) is 3.50. The highest BCUT2D eigenvalue weighted by atomic mass is 15.3. The van der Waals surface area contributed by atoms with Gasteiger partial charge in [0, 0.05) is 13.0 Å². The molecule has 2 N–H and O–H groups in total. The zero-order chi connectivity index (χ0) is 12.6. The van der Waals surface area contributed by atoms with Crippen LogP contribution in [0.1, 0.15) is 63.5 Å². The molecule has 100 valence electrons. The topological polar surface area (TPSA) is 56.7 Å². The van der Waals surface area contributed by atoms with E-state index in [0.29, 0.717) is 0 Å². The van der Waals surface area contributed by atoms with Crippen molar-refractivity contribution in [2.45, 2.75) is 70.4 Å². The van der Waals surface area contributed by atoms with Crippen molar-refractivity contribution in [2.24, 2.45) is 11.7 Å². The SMILES string of the molecule is CCC1CCC(N)(c2nnc3n2CCCC3)CC1. The first-order valence-electron chi connectivity index (χ1n) is 7.44. The van der Waals surface area contributed by atoms with Gasteiger partial charge >= 0.3 is 0 Å². The van der Waals surface area contributed by atoms with Crippen LogP contribution in [0.25, 0.3) is 0 Å². The Morgan fingerprint density at radius 1 is 1.28 bits per heavy atom. The summed E-state index contributed by atoms with van der Waals surface area (Å²) in [4.78, 5) is 0. The van der Waals surface area contributed by atoms with E-state index in [2.05, 4.69) is 21.7 Å². The van der Waals surface area contributed by atoms with Crippen LogP contribution < -0.4 is 5.73 Å². The van der Waals surface area contributed by atoms with Gasteiger partial charge in [-0.05, 0) is 44.4 Å². The monoisotopic (exact) mass is 248 g/mol. The Hall–Kier alpha value is -0.900. The van der Waals surface area contributed by atoms with Gasteiger partial charge in [-0.3, -0.25) is 0 Å². The Balaban J connectivity index is 1.84. The van der Waals surface area contributed by atoms with Crippen molar-refractivity contribution in [1.29, 1.82) is 0 Å². The van der Waals surface area contributed by atoms with Crippen molar-refractivity contribution in [3.8, 4) is 0 Å². The Labute approximate surface area is 109 Å². The van der Waals surface area contributed by atoms with Crippen LogP contribution in [0, 0.1) is 5.92 Å². The molecule has 1 fully saturated rings. The summed E-state index contributed by atoms with van der Waals surface area (Å²) in [6.45, 7) is 3.35. The van der Waals surface area contributed by atoms with Crippen LogP contribution in [0.15, 0.2) is 0 Å². The van der Waals surface area contributed by atoms with Gasteiger partial charge in [-0.1, -0.05) is 13.3 Å². The average Bonchev–Trinajstić information content (AvgIpc) is 2.84. The minimum atomic E-state index is -0.214. The van der Waals surface area contributed by atoms with E-state index in [1.165, 1.54) is 32.1 Å². The summed E-state index contributed by atoms with van der Waals surface area (Å²) in [6.07, 6.45) is 9.48. The van der Waals surface area contributed by atoms with E-state index >= 15 is 0 Å². The zero-order valence-electron chi connectivity index (χ0n) is 11.4. The summed E-state index contributed by atoms with van der Waals surface area (Å²) in [5.74, 6) is 3.08. The summed E-state index contributed by atoms with van der Waals surface area (Å²) in [6, 6.07) is 0. The Morgan fingerprint density at radius 3 is 2.78 bits per heavy atom. The lowest BCUT2D eigenvalue weighted by Crippen LogP contribution is -2.43. The third-order valence-corrected chi connectivity index (χ3v) is 4.88. The fraction of sp³-hybridized carbons (Fsp3) is 0.857. The van der Waals surface area contributed by atoms with Crippen LogP contribution in [0.5, 0.6) is 0 Å². The predicted molar refractivity (Wildman–Crippen MR) is 71.1 cm³/mol. The molecule has 2 heterocycles. The molecule has 1 aliphatic carbocycles. The van der Waals surface area contributed by atoms with Crippen LogP contribution >= 0.6 is 0 Å². The van der Waals surface area contributed by atoms with Gasteiger partial charge in [-0.15, -0.1) is 10.2 Å². The van der Waals surface area contributed by atoms with Gasteiger partial charge in [0.15, 0.2) is 5.82 Å². The smallest absolute Gasteiger partial charge is 0.153 e. The third kappa shape index (κ3) is 1.96. The van der Waals surface area contributed by atoms with Crippen molar-refractivity contribution in [3.05, 3.63) is 11.6 Å². The molecule has 0 spiro atoms. The molecule has 0 unspecified atom stereocenters. The van der Waals surface area contributed by atoms with E-state index in [0.717, 1.165) is 43.4 Å². The number of nitrogens with zero attached hydrogens (tertiary/aromatic N) is 3.